The van der Waals surface area contributed by atoms with E-state index >= 15 is 0 Å². The average molecular weight is 148 g/mol. The molecule has 0 bridgehead atoms. The van der Waals surface area contributed by atoms with Crippen molar-refractivity contribution < 1.29 is 5.11 Å². The first-order valence-electron chi connectivity index (χ1n) is 2.94. The van der Waals surface area contributed by atoms with Crippen LogP contribution in [0.2, 0.25) is 0 Å². The van der Waals surface area contributed by atoms with Gasteiger partial charge in [-0.3, -0.25) is 0 Å². The summed E-state index contributed by atoms with van der Waals surface area (Å²) < 4.78 is 0. The molecule has 9 heavy (non-hydrogen) atoms. The third kappa shape index (κ3) is 1.60. The van der Waals surface area contributed by atoms with Crippen LogP contribution < -0.4 is 5.32 Å². The molecule has 1 saturated heterocycles. The fourth-order valence-electron chi connectivity index (χ4n) is 0.830. The van der Waals surface area contributed by atoms with Gasteiger partial charge in [-0.1, -0.05) is 6.58 Å². The van der Waals surface area contributed by atoms with E-state index in [-0.39, 0.29) is 5.38 Å². The Morgan fingerprint density at radius 3 is 2.89 bits per heavy atom. The zero-order valence-corrected chi connectivity index (χ0v) is 5.86. The van der Waals surface area contributed by atoms with Gasteiger partial charge in [-0.2, -0.15) is 0 Å². The van der Waals surface area contributed by atoms with E-state index in [0.29, 0.717) is 13.0 Å². The molecule has 3 heteroatoms. The molecule has 0 spiro atoms. The number of hydrogen-bond donors (Lipinski definition) is 2. The first-order chi connectivity index (χ1) is 4.20. The highest BCUT2D eigenvalue weighted by Crippen LogP contribution is 2.14. The topological polar surface area (TPSA) is 32.3 Å². The second-order valence-electron chi connectivity index (χ2n) is 2.27. The zero-order chi connectivity index (χ0) is 6.85. The van der Waals surface area contributed by atoms with Crippen molar-refractivity contribution in [2.75, 3.05) is 6.54 Å². The molecule has 0 aromatic carbocycles. The molecule has 2 N–H and O–H groups in total. The van der Waals surface area contributed by atoms with Crippen LogP contribution in [0.5, 0.6) is 0 Å². The summed E-state index contributed by atoms with van der Waals surface area (Å²) in [5.41, 5.74) is 0.874. The Morgan fingerprint density at radius 1 is 1.78 bits per heavy atom. The molecule has 52 valence electrons. The minimum Gasteiger partial charge on any atom is -0.391 e. The first kappa shape index (κ1) is 6.90. The Kier molecular flexibility index (Phi) is 1.98. The third-order valence-corrected chi connectivity index (χ3v) is 1.87. The molecular formula is C6H10ClNO. The molecule has 1 heterocycles. The van der Waals surface area contributed by atoms with Gasteiger partial charge in [0.25, 0.3) is 0 Å². The summed E-state index contributed by atoms with van der Waals surface area (Å²) in [7, 11) is 0. The lowest BCUT2D eigenvalue weighted by atomic mass is 10.1. The Balaban J connectivity index is 2.44. The lowest BCUT2D eigenvalue weighted by Gasteiger charge is -2.25. The Labute approximate surface area is 59.5 Å². The second-order valence-corrected chi connectivity index (χ2v) is 2.83. The minimum atomic E-state index is -0.416. The lowest BCUT2D eigenvalue weighted by molar-refractivity contribution is 0.155. The highest BCUT2D eigenvalue weighted by molar-refractivity contribution is 6.21. The number of aliphatic hydroxyl groups is 1. The standard InChI is InChI=1S/C6H10ClNO/c1-4-2-6(9)5(7)3-8-4/h5-6,8-9H,1-3H2. The van der Waals surface area contributed by atoms with Crippen LogP contribution in [0.25, 0.3) is 0 Å². The van der Waals surface area contributed by atoms with E-state index in [2.05, 4.69) is 11.9 Å². The maximum Gasteiger partial charge on any atom is 0.0775 e. The summed E-state index contributed by atoms with van der Waals surface area (Å²) in [6.45, 7) is 4.30. The zero-order valence-electron chi connectivity index (χ0n) is 5.10. The summed E-state index contributed by atoms with van der Waals surface area (Å²) >= 11 is 5.68. The Morgan fingerprint density at radius 2 is 2.44 bits per heavy atom. The molecule has 1 fully saturated rings. The van der Waals surface area contributed by atoms with Gasteiger partial charge in [0.1, 0.15) is 0 Å². The van der Waals surface area contributed by atoms with Crippen molar-refractivity contribution in [1.29, 1.82) is 0 Å². The fraction of sp³-hybridized carbons (Fsp3) is 0.667. The van der Waals surface area contributed by atoms with Crippen LogP contribution in [0.1, 0.15) is 6.42 Å². The van der Waals surface area contributed by atoms with Crippen LogP contribution in [0.15, 0.2) is 12.3 Å². The number of nitrogens with one attached hydrogen (secondary N) is 1. The summed E-state index contributed by atoms with van der Waals surface area (Å²) in [5, 5.41) is 11.9. The van der Waals surface area contributed by atoms with E-state index in [1.807, 2.05) is 0 Å². The van der Waals surface area contributed by atoms with Gasteiger partial charge in [0.15, 0.2) is 0 Å². The van der Waals surface area contributed by atoms with Crippen LogP contribution in [0.4, 0.5) is 0 Å². The van der Waals surface area contributed by atoms with Crippen LogP contribution in [0, 0.1) is 0 Å². The third-order valence-electron chi connectivity index (χ3n) is 1.42. The number of piperidine rings is 1. The van der Waals surface area contributed by atoms with Crippen molar-refractivity contribution in [3.63, 3.8) is 0 Å². The lowest BCUT2D eigenvalue weighted by Crippen LogP contribution is -2.38. The summed E-state index contributed by atoms with van der Waals surface area (Å²) in [5.74, 6) is 0. The molecular weight excluding hydrogens is 138 g/mol. The van der Waals surface area contributed by atoms with Gasteiger partial charge in [-0.25, -0.2) is 0 Å². The van der Waals surface area contributed by atoms with Gasteiger partial charge in [-0.05, 0) is 0 Å². The highest BCUT2D eigenvalue weighted by atomic mass is 35.5. The monoisotopic (exact) mass is 147 g/mol. The smallest absolute Gasteiger partial charge is 0.0775 e. The quantitative estimate of drug-likeness (QED) is 0.488. The normalized spacial score (nSPS) is 36.0. The van der Waals surface area contributed by atoms with Gasteiger partial charge in [0, 0.05) is 18.7 Å². The molecule has 2 unspecified atom stereocenters. The van der Waals surface area contributed by atoms with Crippen LogP contribution in [0.3, 0.4) is 0 Å². The van der Waals surface area contributed by atoms with Crippen LogP contribution >= 0.6 is 11.6 Å². The number of hydrogen-bond acceptors (Lipinski definition) is 2. The number of aliphatic hydroxyl groups excluding tert-OH is 1. The van der Waals surface area contributed by atoms with Crippen molar-refractivity contribution in [3.05, 3.63) is 12.3 Å². The number of halogens is 1. The molecule has 0 radical (unpaired) electrons. The van der Waals surface area contributed by atoms with Gasteiger partial charge in [-0.15, -0.1) is 11.6 Å². The molecule has 0 amide bonds. The molecule has 1 aliphatic rings. The molecule has 2 nitrogen and oxygen atoms in total. The molecule has 0 aliphatic carbocycles. The second kappa shape index (κ2) is 2.58. The van der Waals surface area contributed by atoms with E-state index in [1.165, 1.54) is 0 Å². The highest BCUT2D eigenvalue weighted by Gasteiger charge is 2.21. The first-order valence-corrected chi connectivity index (χ1v) is 3.37. The Bertz CT molecular complexity index is 126. The van der Waals surface area contributed by atoms with Gasteiger partial charge >= 0.3 is 0 Å². The fourth-order valence-corrected chi connectivity index (χ4v) is 0.997. The van der Waals surface area contributed by atoms with E-state index in [1.54, 1.807) is 0 Å². The van der Waals surface area contributed by atoms with Crippen molar-refractivity contribution in [2.24, 2.45) is 0 Å². The average Bonchev–Trinajstić information content (AvgIpc) is 1.80. The molecule has 0 aromatic heterocycles. The van der Waals surface area contributed by atoms with Crippen LogP contribution in [-0.2, 0) is 0 Å². The maximum absolute atomic E-state index is 9.12. The van der Waals surface area contributed by atoms with E-state index < -0.39 is 6.10 Å². The summed E-state index contributed by atoms with van der Waals surface area (Å²) in [4.78, 5) is 0. The Hall–Kier alpha value is -0.210. The van der Waals surface area contributed by atoms with Crippen molar-refractivity contribution in [1.82, 2.24) is 5.32 Å². The van der Waals surface area contributed by atoms with Gasteiger partial charge < -0.3 is 10.4 Å². The predicted octanol–water partition coefficient (Wildman–Crippen LogP) is 0.462. The van der Waals surface area contributed by atoms with Crippen molar-refractivity contribution >= 4 is 11.6 Å². The molecule has 1 rings (SSSR count). The van der Waals surface area contributed by atoms with Crippen molar-refractivity contribution in [2.45, 2.75) is 17.9 Å². The summed E-state index contributed by atoms with van der Waals surface area (Å²) in [6, 6.07) is 0. The molecule has 1 aliphatic heterocycles. The van der Waals surface area contributed by atoms with E-state index in [9.17, 15) is 0 Å². The SMILES string of the molecule is C=C1CC(O)C(Cl)CN1. The summed E-state index contributed by atoms with van der Waals surface area (Å²) in [6.07, 6.45) is 0.161. The number of rotatable bonds is 0. The molecule has 0 aromatic rings. The van der Waals surface area contributed by atoms with E-state index in [0.717, 1.165) is 5.70 Å². The maximum atomic E-state index is 9.12. The largest absolute Gasteiger partial charge is 0.391 e. The predicted molar refractivity (Wildman–Crippen MR) is 37.4 cm³/mol. The van der Waals surface area contributed by atoms with Gasteiger partial charge in [0.05, 0.1) is 11.5 Å². The van der Waals surface area contributed by atoms with Gasteiger partial charge in [0.2, 0.25) is 0 Å². The number of alkyl halides is 1. The van der Waals surface area contributed by atoms with Crippen LogP contribution in [-0.4, -0.2) is 23.1 Å². The molecule has 0 saturated carbocycles. The molecule has 2 atom stereocenters. The van der Waals surface area contributed by atoms with E-state index in [4.69, 9.17) is 16.7 Å². The van der Waals surface area contributed by atoms with Crippen molar-refractivity contribution in [3.8, 4) is 0 Å². The minimum absolute atomic E-state index is 0.157.